The Labute approximate surface area is 121 Å². The molecule has 1 amide bonds. The van der Waals surface area contributed by atoms with E-state index in [0.717, 1.165) is 12.1 Å². The van der Waals surface area contributed by atoms with Crippen LogP contribution in [0, 0.1) is 5.92 Å². The third kappa shape index (κ3) is 3.12. The molecule has 0 saturated carbocycles. The number of anilines is 1. The van der Waals surface area contributed by atoms with Crippen LogP contribution in [0.4, 0.5) is 5.69 Å². The maximum atomic E-state index is 11.4. The molecule has 1 aliphatic rings. The number of carbonyl (C=O) groups is 1. The molecule has 4 nitrogen and oxygen atoms in total. The Morgan fingerprint density at radius 1 is 1.40 bits per heavy atom. The minimum absolute atomic E-state index is 0.0368. The van der Waals surface area contributed by atoms with E-state index in [4.69, 9.17) is 0 Å². The monoisotopic (exact) mass is 275 g/mol. The molecule has 1 aromatic carbocycles. The van der Waals surface area contributed by atoms with Gasteiger partial charge in [-0.2, -0.15) is 0 Å². The summed E-state index contributed by atoms with van der Waals surface area (Å²) in [6.07, 6.45) is 1.30. The van der Waals surface area contributed by atoms with Crippen molar-refractivity contribution in [1.29, 1.82) is 0 Å². The summed E-state index contributed by atoms with van der Waals surface area (Å²) < 4.78 is 0. The largest absolute Gasteiger partial charge is 0.370 e. The van der Waals surface area contributed by atoms with Crippen LogP contribution < -0.4 is 10.6 Å². The van der Waals surface area contributed by atoms with Crippen molar-refractivity contribution in [2.24, 2.45) is 5.92 Å². The highest BCUT2D eigenvalue weighted by atomic mass is 16.1. The van der Waals surface area contributed by atoms with E-state index in [1.807, 2.05) is 14.1 Å². The number of fused-ring (bicyclic) bond motifs is 1. The van der Waals surface area contributed by atoms with Crippen LogP contribution in [0.5, 0.6) is 0 Å². The summed E-state index contributed by atoms with van der Waals surface area (Å²) in [7, 11) is 4.10. The fourth-order valence-electron chi connectivity index (χ4n) is 2.74. The fraction of sp³-hybridized carbons (Fsp3) is 0.562. The molecule has 3 unspecified atom stereocenters. The molecule has 4 heteroatoms. The van der Waals surface area contributed by atoms with E-state index in [9.17, 15) is 4.79 Å². The van der Waals surface area contributed by atoms with Gasteiger partial charge in [0, 0.05) is 12.6 Å². The lowest BCUT2D eigenvalue weighted by Crippen LogP contribution is -2.32. The van der Waals surface area contributed by atoms with Crippen molar-refractivity contribution in [3.05, 3.63) is 29.3 Å². The normalized spacial score (nSPS) is 22.5. The Morgan fingerprint density at radius 2 is 2.10 bits per heavy atom. The smallest absolute Gasteiger partial charge is 0.217 e. The molecular weight excluding hydrogens is 250 g/mol. The van der Waals surface area contributed by atoms with Crippen LogP contribution in [0.1, 0.15) is 37.9 Å². The lowest BCUT2D eigenvalue weighted by atomic mass is 10.0. The lowest BCUT2D eigenvalue weighted by Gasteiger charge is -2.23. The Morgan fingerprint density at radius 3 is 2.70 bits per heavy atom. The van der Waals surface area contributed by atoms with Crippen LogP contribution in [-0.2, 0) is 11.2 Å². The number of amides is 1. The Bertz CT molecular complexity index is 498. The SMILES string of the molecule is CC(=O)NC1c2cc(NC(C)N(C)C)ccc2CC1C. The summed E-state index contributed by atoms with van der Waals surface area (Å²) >= 11 is 0. The third-order valence-electron chi connectivity index (χ3n) is 4.10. The molecule has 0 heterocycles. The zero-order valence-electron chi connectivity index (χ0n) is 13.0. The average Bonchev–Trinajstić information content (AvgIpc) is 2.65. The minimum Gasteiger partial charge on any atom is -0.370 e. The number of carbonyl (C=O) groups excluding carboxylic acids is 1. The van der Waals surface area contributed by atoms with E-state index in [2.05, 4.69) is 47.6 Å². The van der Waals surface area contributed by atoms with Crippen molar-refractivity contribution >= 4 is 11.6 Å². The Balaban J connectivity index is 2.22. The maximum absolute atomic E-state index is 11.4. The van der Waals surface area contributed by atoms with Gasteiger partial charge < -0.3 is 10.6 Å². The van der Waals surface area contributed by atoms with E-state index >= 15 is 0 Å². The predicted octanol–water partition coefficient (Wildman–Crippen LogP) is 2.38. The molecule has 1 aromatic rings. The molecule has 20 heavy (non-hydrogen) atoms. The van der Waals surface area contributed by atoms with Crippen LogP contribution in [-0.4, -0.2) is 31.1 Å². The molecule has 2 rings (SSSR count). The van der Waals surface area contributed by atoms with Crippen LogP contribution in [0.25, 0.3) is 0 Å². The Hall–Kier alpha value is -1.55. The van der Waals surface area contributed by atoms with Crippen molar-refractivity contribution in [1.82, 2.24) is 10.2 Å². The average molecular weight is 275 g/mol. The van der Waals surface area contributed by atoms with Gasteiger partial charge in [0.15, 0.2) is 0 Å². The summed E-state index contributed by atoms with van der Waals surface area (Å²) in [4.78, 5) is 13.5. The summed E-state index contributed by atoms with van der Waals surface area (Å²) in [6, 6.07) is 6.62. The second kappa shape index (κ2) is 5.83. The van der Waals surface area contributed by atoms with E-state index in [1.165, 1.54) is 11.1 Å². The van der Waals surface area contributed by atoms with Crippen LogP contribution in [0.15, 0.2) is 18.2 Å². The van der Waals surface area contributed by atoms with Crippen molar-refractivity contribution in [3.63, 3.8) is 0 Å². The van der Waals surface area contributed by atoms with Crippen LogP contribution in [0.3, 0.4) is 0 Å². The van der Waals surface area contributed by atoms with E-state index in [-0.39, 0.29) is 18.1 Å². The number of benzene rings is 1. The first kappa shape index (κ1) is 14.9. The molecule has 0 aromatic heterocycles. The van der Waals surface area contributed by atoms with Gasteiger partial charge in [-0.05, 0) is 56.6 Å². The summed E-state index contributed by atoms with van der Waals surface area (Å²) in [5.74, 6) is 0.491. The number of nitrogens with zero attached hydrogens (tertiary/aromatic N) is 1. The summed E-state index contributed by atoms with van der Waals surface area (Å²) in [5.41, 5.74) is 3.71. The van der Waals surface area contributed by atoms with Crippen LogP contribution in [0.2, 0.25) is 0 Å². The van der Waals surface area contributed by atoms with Gasteiger partial charge in [0.05, 0.1) is 12.2 Å². The summed E-state index contributed by atoms with van der Waals surface area (Å²) in [5, 5.41) is 6.55. The van der Waals surface area contributed by atoms with Gasteiger partial charge >= 0.3 is 0 Å². The lowest BCUT2D eigenvalue weighted by molar-refractivity contribution is -0.120. The maximum Gasteiger partial charge on any atom is 0.217 e. The molecule has 0 radical (unpaired) electrons. The quantitative estimate of drug-likeness (QED) is 0.829. The molecule has 0 spiro atoms. The first-order chi connectivity index (χ1) is 9.38. The van der Waals surface area contributed by atoms with Crippen molar-refractivity contribution < 1.29 is 4.79 Å². The van der Waals surface area contributed by atoms with Crippen molar-refractivity contribution in [2.75, 3.05) is 19.4 Å². The first-order valence-corrected chi connectivity index (χ1v) is 7.21. The highest BCUT2D eigenvalue weighted by Crippen LogP contribution is 2.37. The van der Waals surface area contributed by atoms with E-state index in [0.29, 0.717) is 5.92 Å². The number of nitrogens with one attached hydrogen (secondary N) is 2. The highest BCUT2D eigenvalue weighted by molar-refractivity contribution is 5.74. The topological polar surface area (TPSA) is 44.4 Å². The second-order valence-electron chi connectivity index (χ2n) is 6.06. The van der Waals surface area contributed by atoms with Gasteiger partial charge in [-0.25, -0.2) is 0 Å². The van der Waals surface area contributed by atoms with E-state index < -0.39 is 0 Å². The highest BCUT2D eigenvalue weighted by Gasteiger charge is 2.30. The zero-order valence-corrected chi connectivity index (χ0v) is 13.0. The third-order valence-corrected chi connectivity index (χ3v) is 4.10. The fourth-order valence-corrected chi connectivity index (χ4v) is 2.74. The van der Waals surface area contributed by atoms with Gasteiger partial charge in [0.1, 0.15) is 0 Å². The van der Waals surface area contributed by atoms with Gasteiger partial charge in [-0.1, -0.05) is 13.0 Å². The number of hydrogen-bond donors (Lipinski definition) is 2. The molecule has 0 bridgehead atoms. The zero-order chi connectivity index (χ0) is 14.9. The molecular formula is C16H25N3O. The first-order valence-electron chi connectivity index (χ1n) is 7.21. The van der Waals surface area contributed by atoms with Crippen molar-refractivity contribution in [3.8, 4) is 0 Å². The summed E-state index contributed by atoms with van der Waals surface area (Å²) in [6.45, 7) is 5.90. The predicted molar refractivity (Wildman–Crippen MR) is 82.6 cm³/mol. The van der Waals surface area contributed by atoms with Crippen molar-refractivity contribution in [2.45, 2.75) is 39.4 Å². The number of rotatable bonds is 4. The Kier molecular flexibility index (Phi) is 4.33. The minimum atomic E-state index is 0.0368. The molecule has 3 atom stereocenters. The number of hydrogen-bond acceptors (Lipinski definition) is 3. The molecule has 0 fully saturated rings. The standard InChI is InChI=1S/C16H25N3O/c1-10-8-13-6-7-14(17-11(2)19(4)5)9-15(13)16(10)18-12(3)20/h6-7,9-11,16-17H,8H2,1-5H3,(H,18,20). The van der Waals surface area contributed by atoms with Gasteiger partial charge in [-0.3, -0.25) is 9.69 Å². The van der Waals surface area contributed by atoms with Gasteiger partial charge in [-0.15, -0.1) is 0 Å². The van der Waals surface area contributed by atoms with E-state index in [1.54, 1.807) is 6.92 Å². The molecule has 1 aliphatic carbocycles. The van der Waals surface area contributed by atoms with Gasteiger partial charge in [0.25, 0.3) is 0 Å². The molecule has 2 N–H and O–H groups in total. The van der Waals surface area contributed by atoms with Crippen LogP contribution >= 0.6 is 0 Å². The molecule has 110 valence electrons. The molecule has 0 saturated heterocycles. The van der Waals surface area contributed by atoms with Gasteiger partial charge in [0.2, 0.25) is 5.91 Å². The second-order valence-corrected chi connectivity index (χ2v) is 6.06. The molecule has 0 aliphatic heterocycles.